The van der Waals surface area contributed by atoms with Gasteiger partial charge in [-0.15, -0.1) is 0 Å². The number of fused-ring (bicyclic) bond motifs is 3. The average Bonchev–Trinajstić information content (AvgIpc) is 3.50. The topological polar surface area (TPSA) is 143 Å². The van der Waals surface area contributed by atoms with E-state index in [1.807, 2.05) is 0 Å². The molecule has 10 heteroatoms. The van der Waals surface area contributed by atoms with E-state index in [4.69, 9.17) is 10.5 Å². The van der Waals surface area contributed by atoms with Crippen LogP contribution in [0, 0.1) is 0 Å². The van der Waals surface area contributed by atoms with Gasteiger partial charge in [0.25, 0.3) is 0 Å². The Balaban J connectivity index is 1.20. The normalized spacial score (nSPS) is 24.8. The van der Waals surface area contributed by atoms with E-state index in [0.29, 0.717) is 29.7 Å². The van der Waals surface area contributed by atoms with Crippen molar-refractivity contribution in [2.45, 2.75) is 43.9 Å². The van der Waals surface area contributed by atoms with Crippen LogP contribution in [0.25, 0.3) is 21.9 Å². The highest BCUT2D eigenvalue weighted by atomic mass is 16.6. The van der Waals surface area contributed by atoms with E-state index in [1.54, 1.807) is 16.8 Å². The number of aliphatic hydroxyl groups excluding tert-OH is 2. The largest absolute Gasteiger partial charge is 0.388 e. The van der Waals surface area contributed by atoms with Gasteiger partial charge in [0.05, 0.1) is 17.0 Å². The molecule has 32 heavy (non-hydrogen) atoms. The zero-order valence-electron chi connectivity index (χ0n) is 17.1. The Kier molecular flexibility index (Phi) is 4.47. The van der Waals surface area contributed by atoms with Crippen molar-refractivity contribution < 1.29 is 14.9 Å². The number of ether oxygens (including phenoxy) is 1. The molecule has 0 saturated carbocycles. The Labute approximate surface area is 183 Å². The number of rotatable bonds is 4. The van der Waals surface area contributed by atoms with Crippen LogP contribution in [0.1, 0.15) is 23.8 Å². The van der Waals surface area contributed by atoms with Crippen LogP contribution in [-0.2, 0) is 17.7 Å². The molecule has 1 saturated heterocycles. The molecule has 4 aromatic rings. The molecule has 2 aliphatic rings. The summed E-state index contributed by atoms with van der Waals surface area (Å²) in [7, 11) is 0. The number of nitrogens with one attached hydrogen (secondary N) is 2. The van der Waals surface area contributed by atoms with Gasteiger partial charge in [-0.05, 0) is 36.6 Å². The lowest BCUT2D eigenvalue weighted by molar-refractivity contribution is -0.0364. The molecule has 0 spiro atoms. The molecule has 6 N–H and O–H groups in total. The molecule has 2 aliphatic heterocycles. The van der Waals surface area contributed by atoms with Gasteiger partial charge in [-0.25, -0.2) is 20.4 Å². The van der Waals surface area contributed by atoms with Crippen molar-refractivity contribution >= 4 is 33.6 Å². The summed E-state index contributed by atoms with van der Waals surface area (Å²) in [6.45, 7) is 0.760. The highest BCUT2D eigenvalue weighted by Gasteiger charge is 2.43. The molecule has 3 aromatic heterocycles. The molecule has 0 aliphatic carbocycles. The van der Waals surface area contributed by atoms with E-state index in [2.05, 4.69) is 50.1 Å². The molecule has 1 fully saturated rings. The van der Waals surface area contributed by atoms with Crippen LogP contribution in [0.4, 0.5) is 11.6 Å². The molecule has 6 rings (SSSR count). The van der Waals surface area contributed by atoms with E-state index in [-0.39, 0.29) is 0 Å². The predicted octanol–water partition coefficient (Wildman–Crippen LogP) is 1.24. The lowest BCUT2D eigenvalue weighted by atomic mass is 10.0. The first-order valence-corrected chi connectivity index (χ1v) is 10.6. The number of hydrogen-bond acceptors (Lipinski definition) is 9. The number of hydrogen-bond donors (Lipinski definition) is 5. The van der Waals surface area contributed by atoms with Gasteiger partial charge in [-0.1, -0.05) is 12.1 Å². The lowest BCUT2D eigenvalue weighted by Gasteiger charge is -2.17. The first-order chi connectivity index (χ1) is 15.6. The van der Waals surface area contributed by atoms with Gasteiger partial charge < -0.3 is 30.7 Å². The SMILES string of the molecule is Nc1ncnc2c1ccn2[C@@H]1O[C@H](CCc2ccc3cc4c(nc3c2)NNC4)[C@@H](O)[C@H]1O. The smallest absolute Gasteiger partial charge is 0.164 e. The minimum absolute atomic E-state index is 0.361. The maximum absolute atomic E-state index is 10.7. The summed E-state index contributed by atoms with van der Waals surface area (Å²) < 4.78 is 7.77. The molecule has 5 heterocycles. The van der Waals surface area contributed by atoms with E-state index >= 15 is 0 Å². The fourth-order valence-electron chi connectivity index (χ4n) is 4.58. The van der Waals surface area contributed by atoms with Crippen LogP contribution in [0.3, 0.4) is 0 Å². The van der Waals surface area contributed by atoms with Crippen LogP contribution in [-0.4, -0.2) is 48.0 Å². The van der Waals surface area contributed by atoms with Crippen molar-refractivity contribution in [2.24, 2.45) is 0 Å². The van der Waals surface area contributed by atoms with Gasteiger partial charge in [0.1, 0.15) is 35.8 Å². The molecule has 4 atom stereocenters. The second-order valence-electron chi connectivity index (χ2n) is 8.31. The Morgan fingerprint density at radius 1 is 1.16 bits per heavy atom. The molecule has 0 amide bonds. The minimum Gasteiger partial charge on any atom is -0.388 e. The highest BCUT2D eigenvalue weighted by Crippen LogP contribution is 2.34. The molecular weight excluding hydrogens is 410 g/mol. The van der Waals surface area contributed by atoms with Crippen molar-refractivity contribution in [3.8, 4) is 0 Å². The van der Waals surface area contributed by atoms with Crippen LogP contribution in [0.5, 0.6) is 0 Å². The zero-order chi connectivity index (χ0) is 21.8. The number of nitrogen functional groups attached to an aromatic ring is 1. The van der Waals surface area contributed by atoms with E-state index < -0.39 is 24.5 Å². The van der Waals surface area contributed by atoms with Crippen LogP contribution in [0.2, 0.25) is 0 Å². The standard InChI is InChI=1S/C22H23N7O3/c23-19-14-5-6-29(21(14)25-10-24-19)22-18(31)17(30)16(32-22)4-2-11-1-3-12-8-13-9-26-28-20(13)27-15(12)7-11/h1,3,5-8,10,16-18,22,26,30-31H,2,4,9H2,(H,27,28)(H2,23,24,25)/t16-,17-,18-,22-/m1/s1. The van der Waals surface area contributed by atoms with Gasteiger partial charge in [-0.3, -0.25) is 0 Å². The Morgan fingerprint density at radius 2 is 2.06 bits per heavy atom. The Bertz CT molecular complexity index is 1320. The van der Waals surface area contributed by atoms with Crippen molar-refractivity contribution in [2.75, 3.05) is 11.2 Å². The maximum Gasteiger partial charge on any atom is 0.164 e. The van der Waals surface area contributed by atoms with Crippen LogP contribution >= 0.6 is 0 Å². The van der Waals surface area contributed by atoms with Gasteiger partial charge in [0.2, 0.25) is 0 Å². The summed E-state index contributed by atoms with van der Waals surface area (Å²) in [6, 6.07) is 10.1. The summed E-state index contributed by atoms with van der Waals surface area (Å²) in [5, 5.41) is 23.1. The maximum atomic E-state index is 10.7. The molecule has 0 unspecified atom stereocenters. The van der Waals surface area contributed by atoms with Gasteiger partial charge in [0, 0.05) is 23.7 Å². The lowest BCUT2D eigenvalue weighted by Crippen LogP contribution is -2.31. The number of aliphatic hydroxyl groups is 2. The van der Waals surface area contributed by atoms with Crippen molar-refractivity contribution in [3.05, 3.63) is 54.0 Å². The molecule has 10 nitrogen and oxygen atoms in total. The minimum atomic E-state index is -1.08. The summed E-state index contributed by atoms with van der Waals surface area (Å²) in [6.07, 6.45) is 1.01. The van der Waals surface area contributed by atoms with E-state index in [1.165, 1.54) is 6.33 Å². The number of nitrogens with two attached hydrogens (primary N) is 1. The monoisotopic (exact) mass is 433 g/mol. The number of aryl methyl sites for hydroxylation is 1. The van der Waals surface area contributed by atoms with E-state index in [0.717, 1.165) is 34.4 Å². The first kappa shape index (κ1) is 19.4. The van der Waals surface area contributed by atoms with Crippen molar-refractivity contribution in [1.29, 1.82) is 0 Å². The van der Waals surface area contributed by atoms with Gasteiger partial charge >= 0.3 is 0 Å². The third-order valence-corrected chi connectivity index (χ3v) is 6.32. The van der Waals surface area contributed by atoms with Crippen LogP contribution in [0.15, 0.2) is 42.9 Å². The van der Waals surface area contributed by atoms with Gasteiger partial charge in [-0.2, -0.15) is 0 Å². The fourth-order valence-corrected chi connectivity index (χ4v) is 4.58. The quantitative estimate of drug-likeness (QED) is 0.321. The molecule has 1 aromatic carbocycles. The summed E-state index contributed by atoms with van der Waals surface area (Å²) in [5.41, 5.74) is 15.8. The number of nitrogens with zero attached hydrogens (tertiary/aromatic N) is 4. The number of aromatic nitrogens is 4. The third-order valence-electron chi connectivity index (χ3n) is 6.32. The zero-order valence-corrected chi connectivity index (χ0v) is 17.1. The van der Waals surface area contributed by atoms with Crippen molar-refractivity contribution in [3.63, 3.8) is 0 Å². The second-order valence-corrected chi connectivity index (χ2v) is 8.31. The molecular formula is C22H23N7O3. The third kappa shape index (κ3) is 3.07. The Morgan fingerprint density at radius 3 is 2.97 bits per heavy atom. The fraction of sp³-hybridized carbons (Fsp3) is 0.318. The number of anilines is 2. The summed E-state index contributed by atoms with van der Waals surface area (Å²) in [5.74, 6) is 1.22. The predicted molar refractivity (Wildman–Crippen MR) is 118 cm³/mol. The summed E-state index contributed by atoms with van der Waals surface area (Å²) in [4.78, 5) is 12.9. The highest BCUT2D eigenvalue weighted by molar-refractivity contribution is 5.86. The Hall–Kier alpha value is -3.31. The molecule has 0 bridgehead atoms. The van der Waals surface area contributed by atoms with Gasteiger partial charge in [0.15, 0.2) is 6.23 Å². The van der Waals surface area contributed by atoms with Crippen molar-refractivity contribution in [1.82, 2.24) is 24.9 Å². The second kappa shape index (κ2) is 7.38. The number of benzene rings is 1. The average molecular weight is 433 g/mol. The number of pyridine rings is 1. The van der Waals surface area contributed by atoms with Crippen LogP contribution < -0.4 is 16.6 Å². The first-order valence-electron chi connectivity index (χ1n) is 10.6. The molecule has 164 valence electrons. The summed E-state index contributed by atoms with van der Waals surface area (Å²) >= 11 is 0. The van der Waals surface area contributed by atoms with E-state index in [9.17, 15) is 10.2 Å². The molecule has 0 radical (unpaired) electrons. The number of hydrazine groups is 1.